The molecule has 1 aromatic carbocycles. The molecule has 2 aromatic rings. The lowest BCUT2D eigenvalue weighted by Crippen LogP contribution is -2.94. The van der Waals surface area contributed by atoms with Crippen LogP contribution in [0.25, 0.3) is 0 Å². The topological polar surface area (TPSA) is 60.5 Å². The molecule has 3 N–H and O–H groups in total. The molecule has 0 saturated carbocycles. The number of hydrogen-bond donors (Lipinski definition) is 2. The molecule has 8 heteroatoms. The van der Waals surface area contributed by atoms with E-state index in [1.54, 1.807) is 43.3 Å². The van der Waals surface area contributed by atoms with Crippen LogP contribution >= 0.6 is 0 Å². The van der Waals surface area contributed by atoms with E-state index in [4.69, 9.17) is 0 Å². The maximum Gasteiger partial charge on any atom is 0.488 e. The third-order valence-corrected chi connectivity index (χ3v) is 4.34. The number of carbonyl (C=O) groups is 1. The van der Waals surface area contributed by atoms with Crippen LogP contribution in [-0.4, -0.2) is 35.0 Å². The van der Waals surface area contributed by atoms with Crippen LogP contribution in [0, 0.1) is 6.92 Å². The first kappa shape index (κ1) is 18.9. The maximum atomic E-state index is 14.2. The summed E-state index contributed by atoms with van der Waals surface area (Å²) in [7, 11) is 0. The fourth-order valence-corrected chi connectivity index (χ4v) is 3.07. The molecule has 1 aromatic heterocycles. The third-order valence-electron chi connectivity index (χ3n) is 4.34. The Balaban J connectivity index is 2.14. The van der Waals surface area contributed by atoms with Crippen LogP contribution in [0.4, 0.5) is 19.0 Å². The van der Waals surface area contributed by atoms with E-state index in [0.717, 1.165) is 10.5 Å². The number of aromatic nitrogens is 1. The molecule has 3 rings (SSSR count). The highest BCUT2D eigenvalue weighted by Crippen LogP contribution is 2.32. The summed E-state index contributed by atoms with van der Waals surface area (Å²) in [6.45, 7) is 3.74. The van der Waals surface area contributed by atoms with E-state index in [1.165, 1.54) is 12.3 Å². The van der Waals surface area contributed by atoms with Crippen molar-refractivity contribution in [2.75, 3.05) is 11.9 Å². The average Bonchev–Trinajstić information content (AvgIpc) is 2.90. The van der Waals surface area contributed by atoms with Gasteiger partial charge < -0.3 is 0 Å². The molecule has 1 aliphatic heterocycles. The van der Waals surface area contributed by atoms with Crippen LogP contribution in [0.5, 0.6) is 0 Å². The number of aryl methyl sites for hydroxylation is 1. The molecular weight excluding hydrogens is 357 g/mol. The number of H-pyrrole nitrogens is 1. The number of alkyl halides is 3. The normalized spacial score (nSPS) is 20.0. The van der Waals surface area contributed by atoms with E-state index in [9.17, 15) is 18.0 Å². The predicted molar refractivity (Wildman–Crippen MR) is 93.7 cm³/mol. The van der Waals surface area contributed by atoms with E-state index in [-0.39, 0.29) is 18.2 Å². The lowest BCUT2D eigenvalue weighted by atomic mass is 10.1. The number of halogens is 3. The molecule has 0 bridgehead atoms. The van der Waals surface area contributed by atoms with Crippen molar-refractivity contribution < 1.29 is 27.9 Å². The second-order valence-corrected chi connectivity index (χ2v) is 6.45. The first-order chi connectivity index (χ1) is 12.8. The number of aromatic amines is 1. The molecule has 0 aliphatic carbocycles. The zero-order valence-electron chi connectivity index (χ0n) is 15.0. The van der Waals surface area contributed by atoms with Gasteiger partial charge in [-0.1, -0.05) is 25.1 Å². The van der Waals surface area contributed by atoms with Gasteiger partial charge in [0.05, 0.1) is 18.3 Å². The summed E-state index contributed by atoms with van der Waals surface area (Å²) in [5.41, 5.74) is -1.67. The molecule has 1 aliphatic rings. The van der Waals surface area contributed by atoms with Crippen molar-refractivity contribution in [1.29, 1.82) is 0 Å². The zero-order valence-corrected chi connectivity index (χ0v) is 15.0. The van der Waals surface area contributed by atoms with Gasteiger partial charge in [0, 0.05) is 6.07 Å². The highest BCUT2D eigenvalue weighted by molar-refractivity contribution is 6.11. The van der Waals surface area contributed by atoms with Gasteiger partial charge in [-0.3, -0.25) is 0 Å². The van der Waals surface area contributed by atoms with Crippen LogP contribution in [-0.2, 0) is 4.79 Å². The van der Waals surface area contributed by atoms with Crippen LogP contribution in [0.2, 0.25) is 0 Å². The molecule has 0 saturated heterocycles. The Morgan fingerprint density at radius 3 is 2.48 bits per heavy atom. The summed E-state index contributed by atoms with van der Waals surface area (Å²) in [6, 6.07) is 11.8. The Hall–Kier alpha value is -2.90. The van der Waals surface area contributed by atoms with E-state index in [2.05, 4.69) is 15.3 Å². The fraction of sp³-hybridized carbons (Fsp3) is 0.316. The van der Waals surface area contributed by atoms with Crippen molar-refractivity contribution in [2.45, 2.75) is 32.1 Å². The second-order valence-electron chi connectivity index (χ2n) is 6.45. The zero-order chi connectivity index (χ0) is 19.7. The number of hydrogen-bond acceptors (Lipinski definition) is 2. The van der Waals surface area contributed by atoms with Gasteiger partial charge in [0.15, 0.2) is 0 Å². The molecular formula is C19H21F3N4O+2. The Labute approximate surface area is 154 Å². The van der Waals surface area contributed by atoms with Gasteiger partial charge in [-0.15, -0.1) is 0 Å². The van der Waals surface area contributed by atoms with E-state index in [0.29, 0.717) is 12.0 Å². The van der Waals surface area contributed by atoms with Crippen molar-refractivity contribution in [3.8, 4) is 0 Å². The largest absolute Gasteiger partial charge is 0.488 e. The molecule has 0 fully saturated rings. The number of anilines is 1. The summed E-state index contributed by atoms with van der Waals surface area (Å²) in [4.78, 5) is 19.3. The van der Waals surface area contributed by atoms with Gasteiger partial charge in [-0.2, -0.15) is 18.1 Å². The number of benzene rings is 1. The monoisotopic (exact) mass is 378 g/mol. The van der Waals surface area contributed by atoms with Crippen LogP contribution < -0.4 is 15.3 Å². The van der Waals surface area contributed by atoms with E-state index < -0.39 is 17.7 Å². The van der Waals surface area contributed by atoms with Crippen molar-refractivity contribution in [3.63, 3.8) is 0 Å². The maximum absolute atomic E-state index is 14.2. The number of amidine groups is 1. The molecule has 5 nitrogen and oxygen atoms in total. The molecule has 1 amide bonds. The number of nitrogens with one attached hydrogen (secondary N) is 3. The first-order valence-corrected chi connectivity index (χ1v) is 8.64. The van der Waals surface area contributed by atoms with Gasteiger partial charge >= 0.3 is 17.7 Å². The van der Waals surface area contributed by atoms with Crippen LogP contribution in [0.3, 0.4) is 0 Å². The second kappa shape index (κ2) is 7.02. The minimum atomic E-state index is -4.87. The first-order valence-electron chi connectivity index (χ1n) is 8.64. The number of pyridine rings is 1. The van der Waals surface area contributed by atoms with Crippen molar-refractivity contribution in [3.05, 3.63) is 59.8 Å². The summed E-state index contributed by atoms with van der Waals surface area (Å²) < 4.78 is 42.5. The number of amides is 1. The SMILES string of the molecule is CCCN1C(=O)[C@](Nc2cc(C)cc[nH+]2)(C(F)(F)F)[NH+]=C1c1ccccc1. The van der Waals surface area contributed by atoms with E-state index >= 15 is 0 Å². The van der Waals surface area contributed by atoms with Gasteiger partial charge in [-0.25, -0.2) is 20.1 Å². The van der Waals surface area contributed by atoms with Gasteiger partial charge in [0.2, 0.25) is 0 Å². The molecule has 2 heterocycles. The smallest absolute Gasteiger partial charge is 0.248 e. The van der Waals surface area contributed by atoms with Gasteiger partial charge in [-0.05, 0) is 37.1 Å². The Bertz CT molecular complexity index is 867. The lowest BCUT2D eigenvalue weighted by Gasteiger charge is -2.20. The lowest BCUT2D eigenvalue weighted by molar-refractivity contribution is -0.568. The highest BCUT2D eigenvalue weighted by atomic mass is 19.4. The predicted octanol–water partition coefficient (Wildman–Crippen LogP) is 1.26. The summed E-state index contributed by atoms with van der Waals surface area (Å²) in [5, 5.41) is 2.37. The number of nitrogens with zero attached hydrogens (tertiary/aromatic N) is 1. The van der Waals surface area contributed by atoms with E-state index in [1.807, 2.05) is 6.92 Å². The quantitative estimate of drug-likeness (QED) is 0.823. The van der Waals surface area contributed by atoms with Crippen molar-refractivity contribution in [1.82, 2.24) is 4.90 Å². The molecule has 1 atom stereocenters. The molecule has 0 spiro atoms. The van der Waals surface area contributed by atoms with Gasteiger partial charge in [0.1, 0.15) is 0 Å². The number of carbonyl (C=O) groups excluding carboxylic acids is 1. The summed E-state index contributed by atoms with van der Waals surface area (Å²) in [6.07, 6.45) is -2.83. The molecule has 27 heavy (non-hydrogen) atoms. The Morgan fingerprint density at radius 2 is 1.89 bits per heavy atom. The van der Waals surface area contributed by atoms with Crippen LogP contribution in [0.1, 0.15) is 24.5 Å². The van der Waals surface area contributed by atoms with Gasteiger partial charge in [0.25, 0.3) is 11.7 Å². The molecule has 0 unspecified atom stereocenters. The number of rotatable bonds is 5. The fourth-order valence-electron chi connectivity index (χ4n) is 3.07. The molecule has 142 valence electrons. The summed E-state index contributed by atoms with van der Waals surface area (Å²) in [5.74, 6) is -0.843. The summed E-state index contributed by atoms with van der Waals surface area (Å²) >= 11 is 0. The molecule has 0 radical (unpaired) electrons. The standard InChI is InChI=1S/C19H19F3N4O/c1-3-11-26-16(14-7-5-4-6-8-14)25-18(17(26)27,19(20,21)22)24-15-12-13(2)9-10-23-15/h4-10,12H,3,11H2,1-2H3,(H,23,24)/p+2/t18-/m1/s1. The third kappa shape index (κ3) is 3.39. The minimum absolute atomic E-state index is 0.0962. The van der Waals surface area contributed by atoms with Crippen molar-refractivity contribution >= 4 is 17.6 Å². The van der Waals surface area contributed by atoms with Crippen LogP contribution in [0.15, 0.2) is 48.7 Å². The van der Waals surface area contributed by atoms with Crippen molar-refractivity contribution in [2.24, 2.45) is 0 Å². The Kier molecular flexibility index (Phi) is 4.91. The minimum Gasteiger partial charge on any atom is -0.248 e. The average molecular weight is 378 g/mol. The Morgan fingerprint density at radius 1 is 1.19 bits per heavy atom. The highest BCUT2D eigenvalue weighted by Gasteiger charge is 2.75.